The Labute approximate surface area is 165 Å². The van der Waals surface area contributed by atoms with E-state index in [9.17, 15) is 4.79 Å². The standard InChI is InChI=1S/C23H25NO4/c1-26-20-16-22(28-3)21(27-2)15-19(20)9-10-23(25)24-13-11-18(12-14-24)17-7-5-4-6-8-17/h4-11,15-16H,12-14H2,1-3H3. The molecule has 28 heavy (non-hydrogen) atoms. The van der Waals surface area contributed by atoms with Crippen LogP contribution in [0.4, 0.5) is 0 Å². The topological polar surface area (TPSA) is 48.0 Å². The van der Waals surface area contributed by atoms with E-state index in [4.69, 9.17) is 14.2 Å². The van der Waals surface area contributed by atoms with E-state index in [1.54, 1.807) is 45.6 Å². The maximum absolute atomic E-state index is 12.6. The second-order valence-electron chi connectivity index (χ2n) is 6.41. The second kappa shape index (κ2) is 9.13. The number of rotatable bonds is 6. The van der Waals surface area contributed by atoms with E-state index in [-0.39, 0.29) is 5.91 Å². The van der Waals surface area contributed by atoms with Gasteiger partial charge in [0, 0.05) is 30.8 Å². The Hall–Kier alpha value is -3.21. The molecule has 0 spiro atoms. The van der Waals surface area contributed by atoms with Gasteiger partial charge >= 0.3 is 0 Å². The normalized spacial score (nSPS) is 14.0. The van der Waals surface area contributed by atoms with Crippen LogP contribution in [-0.2, 0) is 4.79 Å². The lowest BCUT2D eigenvalue weighted by atomic mass is 9.99. The molecule has 3 rings (SSSR count). The summed E-state index contributed by atoms with van der Waals surface area (Å²) in [6.07, 6.45) is 6.30. The molecule has 1 aliphatic heterocycles. The van der Waals surface area contributed by atoms with Crippen LogP contribution in [0.15, 0.2) is 54.6 Å². The summed E-state index contributed by atoms with van der Waals surface area (Å²) in [5.41, 5.74) is 3.27. The molecule has 0 N–H and O–H groups in total. The van der Waals surface area contributed by atoms with Crippen molar-refractivity contribution < 1.29 is 19.0 Å². The van der Waals surface area contributed by atoms with E-state index in [1.165, 1.54) is 11.1 Å². The van der Waals surface area contributed by atoms with E-state index >= 15 is 0 Å². The van der Waals surface area contributed by atoms with E-state index in [1.807, 2.05) is 23.1 Å². The Balaban J connectivity index is 1.71. The van der Waals surface area contributed by atoms with E-state index in [2.05, 4.69) is 18.2 Å². The fourth-order valence-electron chi connectivity index (χ4n) is 3.23. The Morgan fingerprint density at radius 2 is 1.64 bits per heavy atom. The predicted octanol–water partition coefficient (Wildman–Crippen LogP) is 4.04. The van der Waals surface area contributed by atoms with Gasteiger partial charge in [-0.25, -0.2) is 0 Å². The average Bonchev–Trinajstić information content (AvgIpc) is 2.77. The van der Waals surface area contributed by atoms with Gasteiger partial charge in [-0.1, -0.05) is 36.4 Å². The van der Waals surface area contributed by atoms with Gasteiger partial charge in [-0.05, 0) is 29.7 Å². The zero-order chi connectivity index (χ0) is 19.9. The van der Waals surface area contributed by atoms with Gasteiger partial charge in [-0.2, -0.15) is 0 Å². The number of nitrogens with zero attached hydrogens (tertiary/aromatic N) is 1. The Morgan fingerprint density at radius 1 is 0.964 bits per heavy atom. The lowest BCUT2D eigenvalue weighted by Crippen LogP contribution is -2.33. The van der Waals surface area contributed by atoms with Gasteiger partial charge in [0.25, 0.3) is 0 Å². The first-order chi connectivity index (χ1) is 13.7. The number of amides is 1. The SMILES string of the molecule is COc1cc(OC)c(OC)cc1C=CC(=O)N1CC=C(c2ccccc2)CC1. The molecular formula is C23H25NO4. The van der Waals surface area contributed by atoms with Crippen LogP contribution in [0.25, 0.3) is 11.6 Å². The highest BCUT2D eigenvalue weighted by molar-refractivity contribution is 5.93. The van der Waals surface area contributed by atoms with Gasteiger partial charge in [-0.15, -0.1) is 0 Å². The summed E-state index contributed by atoms with van der Waals surface area (Å²) in [5, 5.41) is 0. The van der Waals surface area contributed by atoms with Crippen LogP contribution in [0.2, 0.25) is 0 Å². The van der Waals surface area contributed by atoms with Crippen LogP contribution in [-0.4, -0.2) is 45.2 Å². The number of hydrogen-bond acceptors (Lipinski definition) is 4. The van der Waals surface area contributed by atoms with Gasteiger partial charge < -0.3 is 19.1 Å². The molecule has 2 aromatic carbocycles. The summed E-state index contributed by atoms with van der Waals surface area (Å²) in [4.78, 5) is 14.4. The molecule has 0 fully saturated rings. The minimum Gasteiger partial charge on any atom is -0.496 e. The summed E-state index contributed by atoms with van der Waals surface area (Å²) in [7, 11) is 4.73. The summed E-state index contributed by atoms with van der Waals surface area (Å²) in [6, 6.07) is 13.8. The van der Waals surface area contributed by atoms with Gasteiger partial charge in [0.1, 0.15) is 5.75 Å². The van der Waals surface area contributed by atoms with E-state index in [0.717, 1.165) is 12.0 Å². The molecule has 1 heterocycles. The fourth-order valence-corrected chi connectivity index (χ4v) is 3.23. The van der Waals surface area contributed by atoms with Crippen LogP contribution in [0.5, 0.6) is 17.2 Å². The third kappa shape index (κ3) is 4.36. The fraction of sp³-hybridized carbons (Fsp3) is 0.261. The third-order valence-corrected chi connectivity index (χ3v) is 4.81. The van der Waals surface area contributed by atoms with Crippen molar-refractivity contribution in [2.24, 2.45) is 0 Å². The van der Waals surface area contributed by atoms with Gasteiger partial charge in [0.15, 0.2) is 11.5 Å². The Morgan fingerprint density at radius 3 is 2.25 bits per heavy atom. The molecule has 0 atom stereocenters. The maximum Gasteiger partial charge on any atom is 0.246 e. The number of benzene rings is 2. The molecule has 146 valence electrons. The van der Waals surface area contributed by atoms with Crippen LogP contribution in [0.1, 0.15) is 17.5 Å². The molecule has 1 aliphatic rings. The zero-order valence-corrected chi connectivity index (χ0v) is 16.5. The summed E-state index contributed by atoms with van der Waals surface area (Å²) in [5.74, 6) is 1.76. The number of carbonyl (C=O) groups is 1. The van der Waals surface area contributed by atoms with Gasteiger partial charge in [-0.3, -0.25) is 4.79 Å². The molecule has 0 saturated heterocycles. The lowest BCUT2D eigenvalue weighted by molar-refractivity contribution is -0.125. The van der Waals surface area contributed by atoms with Crippen molar-refractivity contribution in [1.29, 1.82) is 0 Å². The molecule has 1 amide bonds. The summed E-state index contributed by atoms with van der Waals surface area (Å²) < 4.78 is 16.0. The van der Waals surface area contributed by atoms with Crippen molar-refractivity contribution in [3.05, 3.63) is 65.7 Å². The van der Waals surface area contributed by atoms with Crippen molar-refractivity contribution in [3.63, 3.8) is 0 Å². The minimum absolute atomic E-state index is 0.0276. The molecule has 0 radical (unpaired) electrons. The lowest BCUT2D eigenvalue weighted by Gasteiger charge is -2.25. The molecule has 0 bridgehead atoms. The van der Waals surface area contributed by atoms with Crippen LogP contribution in [0.3, 0.4) is 0 Å². The largest absolute Gasteiger partial charge is 0.496 e. The van der Waals surface area contributed by atoms with Crippen LogP contribution < -0.4 is 14.2 Å². The van der Waals surface area contributed by atoms with E-state index < -0.39 is 0 Å². The highest BCUT2D eigenvalue weighted by Crippen LogP contribution is 2.35. The Bertz CT molecular complexity index is 887. The molecule has 5 nitrogen and oxygen atoms in total. The third-order valence-electron chi connectivity index (χ3n) is 4.81. The van der Waals surface area contributed by atoms with E-state index in [0.29, 0.717) is 30.3 Å². The van der Waals surface area contributed by atoms with Crippen molar-refractivity contribution in [3.8, 4) is 17.2 Å². The number of methoxy groups -OCH3 is 3. The molecule has 5 heteroatoms. The maximum atomic E-state index is 12.6. The summed E-state index contributed by atoms with van der Waals surface area (Å²) >= 11 is 0. The first-order valence-electron chi connectivity index (χ1n) is 9.17. The number of ether oxygens (including phenoxy) is 3. The number of hydrogen-bond donors (Lipinski definition) is 0. The smallest absolute Gasteiger partial charge is 0.246 e. The van der Waals surface area contributed by atoms with Crippen molar-refractivity contribution >= 4 is 17.6 Å². The van der Waals surface area contributed by atoms with Gasteiger partial charge in [0.05, 0.1) is 21.3 Å². The quantitative estimate of drug-likeness (QED) is 0.711. The van der Waals surface area contributed by atoms with Crippen molar-refractivity contribution in [1.82, 2.24) is 4.90 Å². The summed E-state index contributed by atoms with van der Waals surface area (Å²) in [6.45, 7) is 1.31. The molecular weight excluding hydrogens is 354 g/mol. The monoisotopic (exact) mass is 379 g/mol. The Kier molecular flexibility index (Phi) is 6.37. The highest BCUT2D eigenvalue weighted by atomic mass is 16.5. The average molecular weight is 379 g/mol. The molecule has 0 unspecified atom stereocenters. The minimum atomic E-state index is -0.0276. The first-order valence-corrected chi connectivity index (χ1v) is 9.17. The van der Waals surface area contributed by atoms with Crippen molar-refractivity contribution in [2.75, 3.05) is 34.4 Å². The number of carbonyl (C=O) groups excluding carboxylic acids is 1. The van der Waals surface area contributed by atoms with Crippen molar-refractivity contribution in [2.45, 2.75) is 6.42 Å². The highest BCUT2D eigenvalue weighted by Gasteiger charge is 2.16. The van der Waals surface area contributed by atoms with Crippen LogP contribution in [0, 0.1) is 0 Å². The molecule has 0 saturated carbocycles. The zero-order valence-electron chi connectivity index (χ0n) is 16.5. The second-order valence-corrected chi connectivity index (χ2v) is 6.41. The molecule has 0 aliphatic carbocycles. The van der Waals surface area contributed by atoms with Crippen LogP contribution >= 0.6 is 0 Å². The molecule has 2 aromatic rings. The van der Waals surface area contributed by atoms with Gasteiger partial charge in [0.2, 0.25) is 5.91 Å². The predicted molar refractivity (Wildman–Crippen MR) is 111 cm³/mol. The first kappa shape index (κ1) is 19.5. The molecule has 0 aromatic heterocycles.